The van der Waals surface area contributed by atoms with Gasteiger partial charge in [-0.15, -0.1) is 0 Å². The van der Waals surface area contributed by atoms with E-state index in [1.54, 1.807) is 32.5 Å². The van der Waals surface area contributed by atoms with E-state index >= 15 is 0 Å². The van der Waals surface area contributed by atoms with Gasteiger partial charge in [-0.25, -0.2) is 4.79 Å². The number of pyridine rings is 1. The fraction of sp³-hybridized carbons (Fsp3) is 0.375. The summed E-state index contributed by atoms with van der Waals surface area (Å²) >= 11 is 0. The zero-order chi connectivity index (χ0) is 23.4. The summed E-state index contributed by atoms with van der Waals surface area (Å²) in [5, 5.41) is 9.35. The molecule has 0 unspecified atom stereocenters. The first-order valence-electron chi connectivity index (χ1n) is 11.5. The van der Waals surface area contributed by atoms with Gasteiger partial charge < -0.3 is 9.15 Å². The first-order valence-corrected chi connectivity index (χ1v) is 11.5. The SMILES string of the molecule is CC[C@H]1C[C@@H](n2c(=O)nc(-c3cnn(C)c3)c3oc4cnc(-c5cnn(C)c5)cc4c32)CCO1. The lowest BCUT2D eigenvalue weighted by molar-refractivity contribution is -0.00709. The summed E-state index contributed by atoms with van der Waals surface area (Å²) in [5.74, 6) is 0. The molecular weight excluding hydrogens is 434 g/mol. The highest BCUT2D eigenvalue weighted by Crippen LogP contribution is 2.37. The van der Waals surface area contributed by atoms with Crippen LogP contribution in [0.2, 0.25) is 0 Å². The van der Waals surface area contributed by atoms with Crippen molar-refractivity contribution in [2.75, 3.05) is 6.61 Å². The van der Waals surface area contributed by atoms with Gasteiger partial charge in [-0.1, -0.05) is 6.92 Å². The molecule has 174 valence electrons. The lowest BCUT2D eigenvalue weighted by Gasteiger charge is -2.30. The van der Waals surface area contributed by atoms with Crippen LogP contribution >= 0.6 is 0 Å². The van der Waals surface area contributed by atoms with Crippen molar-refractivity contribution in [3.05, 3.63) is 47.5 Å². The molecule has 1 aliphatic rings. The Kier molecular flexibility index (Phi) is 4.84. The lowest BCUT2D eigenvalue weighted by Crippen LogP contribution is -2.34. The van der Waals surface area contributed by atoms with Crippen molar-refractivity contribution in [3.63, 3.8) is 0 Å². The molecule has 0 amide bonds. The standard InChI is InChI=1S/C24H25N7O3/c1-4-17-7-16(5-6-33-17)31-22-18-8-19(14-9-26-29(2)12-14)25-11-20(18)34-23(22)21(28-24(31)32)15-10-27-30(3)13-15/h8-13,16-17H,4-7H2,1-3H3/t16-,17-/m0/s1. The van der Waals surface area contributed by atoms with Crippen LogP contribution in [0.15, 0.2) is 46.3 Å². The Morgan fingerprint density at radius 3 is 2.56 bits per heavy atom. The number of hydrogen-bond donors (Lipinski definition) is 0. The van der Waals surface area contributed by atoms with E-state index in [9.17, 15) is 4.79 Å². The quantitative estimate of drug-likeness (QED) is 0.405. The van der Waals surface area contributed by atoms with E-state index in [1.807, 2.05) is 32.6 Å². The van der Waals surface area contributed by atoms with Gasteiger partial charge >= 0.3 is 5.69 Å². The first-order chi connectivity index (χ1) is 16.5. The summed E-state index contributed by atoms with van der Waals surface area (Å²) in [6.45, 7) is 2.72. The number of ether oxygens (including phenoxy) is 1. The smallest absolute Gasteiger partial charge is 0.349 e. The first kappa shape index (κ1) is 20.8. The summed E-state index contributed by atoms with van der Waals surface area (Å²) in [5.41, 5.74) is 4.49. The highest BCUT2D eigenvalue weighted by molar-refractivity contribution is 6.07. The summed E-state index contributed by atoms with van der Waals surface area (Å²) in [6, 6.07) is 1.94. The Labute approximate surface area is 194 Å². The maximum Gasteiger partial charge on any atom is 0.349 e. The van der Waals surface area contributed by atoms with E-state index in [0.717, 1.165) is 47.0 Å². The van der Waals surface area contributed by atoms with Crippen LogP contribution in [-0.4, -0.2) is 46.8 Å². The number of aryl methyl sites for hydroxylation is 2. The molecule has 6 rings (SSSR count). The van der Waals surface area contributed by atoms with Crippen LogP contribution < -0.4 is 5.69 Å². The number of fused-ring (bicyclic) bond motifs is 3. The number of nitrogens with zero attached hydrogens (tertiary/aromatic N) is 7. The van der Waals surface area contributed by atoms with Crippen molar-refractivity contribution < 1.29 is 9.15 Å². The fourth-order valence-corrected chi connectivity index (χ4v) is 4.85. The largest absolute Gasteiger partial charge is 0.450 e. The highest BCUT2D eigenvalue weighted by atomic mass is 16.5. The molecule has 0 bridgehead atoms. The van der Waals surface area contributed by atoms with Gasteiger partial charge in [0.15, 0.2) is 11.2 Å². The molecular formula is C24H25N7O3. The van der Waals surface area contributed by atoms with Crippen molar-refractivity contribution in [1.82, 2.24) is 34.1 Å². The molecule has 2 atom stereocenters. The zero-order valence-corrected chi connectivity index (χ0v) is 19.3. The van der Waals surface area contributed by atoms with Gasteiger partial charge in [-0.2, -0.15) is 15.2 Å². The monoisotopic (exact) mass is 459 g/mol. The van der Waals surface area contributed by atoms with E-state index in [2.05, 4.69) is 27.1 Å². The molecule has 34 heavy (non-hydrogen) atoms. The van der Waals surface area contributed by atoms with Gasteiger partial charge in [-0.05, 0) is 25.3 Å². The molecule has 1 fully saturated rings. The average Bonchev–Trinajstić information content (AvgIpc) is 3.57. The molecule has 0 aromatic carbocycles. The second kappa shape index (κ2) is 7.91. The Morgan fingerprint density at radius 1 is 1.09 bits per heavy atom. The predicted molar refractivity (Wildman–Crippen MR) is 126 cm³/mol. The molecule has 1 saturated heterocycles. The van der Waals surface area contributed by atoms with Crippen LogP contribution in [-0.2, 0) is 18.8 Å². The molecule has 10 nitrogen and oxygen atoms in total. The van der Waals surface area contributed by atoms with Crippen molar-refractivity contribution in [2.45, 2.75) is 38.3 Å². The van der Waals surface area contributed by atoms with E-state index in [4.69, 9.17) is 9.15 Å². The van der Waals surface area contributed by atoms with Crippen LogP contribution in [0.3, 0.4) is 0 Å². The number of rotatable bonds is 4. The van der Waals surface area contributed by atoms with Gasteiger partial charge in [0.1, 0.15) is 11.2 Å². The minimum Gasteiger partial charge on any atom is -0.450 e. The van der Waals surface area contributed by atoms with E-state index in [-0.39, 0.29) is 17.8 Å². The fourth-order valence-electron chi connectivity index (χ4n) is 4.85. The molecule has 0 N–H and O–H groups in total. The topological polar surface area (TPSA) is 106 Å². The second-order valence-corrected chi connectivity index (χ2v) is 8.84. The molecule has 6 heterocycles. The number of aromatic nitrogens is 7. The normalized spacial score (nSPS) is 18.8. The minimum absolute atomic E-state index is 0.0278. The summed E-state index contributed by atoms with van der Waals surface area (Å²) in [7, 11) is 3.70. The van der Waals surface area contributed by atoms with Crippen molar-refractivity contribution in [1.29, 1.82) is 0 Å². The minimum atomic E-state index is -0.296. The Hall–Kier alpha value is -3.79. The molecule has 0 radical (unpaired) electrons. The maximum atomic E-state index is 13.5. The third kappa shape index (κ3) is 3.33. The Balaban J connectivity index is 1.65. The summed E-state index contributed by atoms with van der Waals surface area (Å²) < 4.78 is 17.4. The van der Waals surface area contributed by atoms with Gasteiger partial charge in [0.2, 0.25) is 0 Å². The average molecular weight is 460 g/mol. The molecule has 0 aliphatic carbocycles. The Morgan fingerprint density at radius 2 is 1.85 bits per heavy atom. The number of hydrogen-bond acceptors (Lipinski definition) is 7. The third-order valence-electron chi connectivity index (χ3n) is 6.56. The molecule has 10 heteroatoms. The van der Waals surface area contributed by atoms with Crippen LogP contribution in [0.5, 0.6) is 0 Å². The van der Waals surface area contributed by atoms with Crippen molar-refractivity contribution >= 4 is 22.1 Å². The van der Waals surface area contributed by atoms with Crippen LogP contribution in [0.25, 0.3) is 44.6 Å². The predicted octanol–water partition coefficient (Wildman–Crippen LogP) is 3.47. The molecule has 1 aliphatic heterocycles. The molecule has 5 aromatic heterocycles. The summed E-state index contributed by atoms with van der Waals surface area (Å²) in [6.07, 6.45) is 11.4. The molecule has 0 saturated carbocycles. The number of furan rings is 1. The van der Waals surface area contributed by atoms with Gasteiger partial charge in [0.05, 0.1) is 30.4 Å². The molecule has 5 aromatic rings. The highest BCUT2D eigenvalue weighted by Gasteiger charge is 2.29. The Bertz CT molecular complexity index is 1570. The maximum absolute atomic E-state index is 13.5. The van der Waals surface area contributed by atoms with Gasteiger partial charge in [0.25, 0.3) is 0 Å². The van der Waals surface area contributed by atoms with Crippen LogP contribution in [0.1, 0.15) is 32.2 Å². The van der Waals surface area contributed by atoms with Crippen LogP contribution in [0.4, 0.5) is 0 Å². The van der Waals surface area contributed by atoms with E-state index in [0.29, 0.717) is 23.5 Å². The van der Waals surface area contributed by atoms with Crippen molar-refractivity contribution in [2.24, 2.45) is 14.1 Å². The lowest BCUT2D eigenvalue weighted by atomic mass is 10.0. The van der Waals surface area contributed by atoms with Crippen LogP contribution in [0, 0.1) is 0 Å². The van der Waals surface area contributed by atoms with E-state index < -0.39 is 0 Å². The van der Waals surface area contributed by atoms with Gasteiger partial charge in [-0.3, -0.25) is 18.9 Å². The van der Waals surface area contributed by atoms with Gasteiger partial charge in [0, 0.05) is 55.7 Å². The van der Waals surface area contributed by atoms with Crippen molar-refractivity contribution in [3.8, 4) is 22.5 Å². The summed E-state index contributed by atoms with van der Waals surface area (Å²) in [4.78, 5) is 22.6. The molecule has 0 spiro atoms. The second-order valence-electron chi connectivity index (χ2n) is 8.84. The third-order valence-corrected chi connectivity index (χ3v) is 6.56. The zero-order valence-electron chi connectivity index (χ0n) is 19.3. The van der Waals surface area contributed by atoms with E-state index in [1.165, 1.54) is 0 Å².